The molecule has 1 fully saturated rings. The largest absolute Gasteiger partial charge is 0.319 e. The third-order valence-electron chi connectivity index (χ3n) is 4.60. The molecule has 3 atom stereocenters. The van der Waals surface area contributed by atoms with Gasteiger partial charge in [0.2, 0.25) is 0 Å². The molecule has 0 amide bonds. The van der Waals surface area contributed by atoms with Crippen molar-refractivity contribution < 1.29 is 0 Å². The van der Waals surface area contributed by atoms with Crippen molar-refractivity contribution in [1.29, 1.82) is 0 Å². The van der Waals surface area contributed by atoms with E-state index < -0.39 is 0 Å². The van der Waals surface area contributed by atoms with Gasteiger partial charge in [0.05, 0.1) is 6.20 Å². The molecule has 0 aliphatic heterocycles. The molecule has 0 aromatic carbocycles. The predicted octanol–water partition coefficient (Wildman–Crippen LogP) is 2.80. The lowest BCUT2D eigenvalue weighted by atomic mass is 9.69. The van der Waals surface area contributed by atoms with E-state index in [0.717, 1.165) is 24.3 Å². The Hall–Kier alpha value is -0.830. The average Bonchev–Trinajstić information content (AvgIpc) is 2.76. The van der Waals surface area contributed by atoms with Gasteiger partial charge in [-0.15, -0.1) is 0 Å². The number of aryl methyl sites for hydroxylation is 1. The first-order valence-corrected chi connectivity index (χ1v) is 7.25. The molecule has 1 heterocycles. The predicted molar refractivity (Wildman–Crippen MR) is 75.5 cm³/mol. The fraction of sp³-hybridized carbons (Fsp3) is 0.800. The number of hydrogen-bond donors (Lipinski definition) is 1. The second-order valence-corrected chi connectivity index (χ2v) is 6.19. The summed E-state index contributed by atoms with van der Waals surface area (Å²) in [6, 6.07) is 0. The SMILES string of the molecule is CNCC1CCC(C(C)C)CC1c1cnn(C)c1. The Morgan fingerprint density at radius 2 is 2.22 bits per heavy atom. The van der Waals surface area contributed by atoms with Crippen LogP contribution in [0.25, 0.3) is 0 Å². The van der Waals surface area contributed by atoms with E-state index in [0.29, 0.717) is 5.92 Å². The van der Waals surface area contributed by atoms with Crippen LogP contribution in [0.5, 0.6) is 0 Å². The number of rotatable bonds is 4. The maximum absolute atomic E-state index is 4.35. The number of aromatic nitrogens is 2. The second-order valence-electron chi connectivity index (χ2n) is 6.19. The molecule has 102 valence electrons. The highest BCUT2D eigenvalue weighted by Gasteiger charge is 2.32. The molecule has 1 aromatic rings. The smallest absolute Gasteiger partial charge is 0.0524 e. The quantitative estimate of drug-likeness (QED) is 0.889. The van der Waals surface area contributed by atoms with Crippen LogP contribution >= 0.6 is 0 Å². The molecule has 2 rings (SSSR count). The van der Waals surface area contributed by atoms with Crippen LogP contribution in [0.15, 0.2) is 12.4 Å². The minimum atomic E-state index is 0.687. The van der Waals surface area contributed by atoms with Crippen molar-refractivity contribution in [1.82, 2.24) is 15.1 Å². The lowest BCUT2D eigenvalue weighted by Gasteiger charge is -2.37. The Bertz CT molecular complexity index is 370. The molecule has 3 unspecified atom stereocenters. The zero-order chi connectivity index (χ0) is 13.1. The first-order valence-electron chi connectivity index (χ1n) is 7.25. The van der Waals surface area contributed by atoms with E-state index in [-0.39, 0.29) is 0 Å². The molecule has 0 saturated heterocycles. The summed E-state index contributed by atoms with van der Waals surface area (Å²) in [4.78, 5) is 0. The van der Waals surface area contributed by atoms with Crippen molar-refractivity contribution in [3.05, 3.63) is 18.0 Å². The lowest BCUT2D eigenvalue weighted by molar-refractivity contribution is 0.192. The Labute approximate surface area is 111 Å². The summed E-state index contributed by atoms with van der Waals surface area (Å²) in [5.74, 6) is 3.14. The number of nitrogens with one attached hydrogen (secondary N) is 1. The Kier molecular flexibility index (Phi) is 4.44. The first-order chi connectivity index (χ1) is 8.61. The van der Waals surface area contributed by atoms with Gasteiger partial charge in [0.15, 0.2) is 0 Å². The minimum absolute atomic E-state index is 0.687. The van der Waals surface area contributed by atoms with Crippen LogP contribution in [0.3, 0.4) is 0 Å². The monoisotopic (exact) mass is 249 g/mol. The molecular weight excluding hydrogens is 222 g/mol. The molecule has 1 saturated carbocycles. The summed E-state index contributed by atoms with van der Waals surface area (Å²) in [5.41, 5.74) is 1.43. The highest BCUT2D eigenvalue weighted by molar-refractivity contribution is 5.14. The van der Waals surface area contributed by atoms with Gasteiger partial charge in [0.25, 0.3) is 0 Å². The topological polar surface area (TPSA) is 29.9 Å². The van der Waals surface area contributed by atoms with Crippen molar-refractivity contribution in [2.24, 2.45) is 24.8 Å². The van der Waals surface area contributed by atoms with Crippen molar-refractivity contribution in [3.63, 3.8) is 0 Å². The van der Waals surface area contributed by atoms with Crippen LogP contribution < -0.4 is 5.32 Å². The fourth-order valence-corrected chi connectivity index (χ4v) is 3.42. The zero-order valence-electron chi connectivity index (χ0n) is 12.2. The Balaban J connectivity index is 2.14. The molecule has 18 heavy (non-hydrogen) atoms. The minimum Gasteiger partial charge on any atom is -0.319 e. The van der Waals surface area contributed by atoms with Gasteiger partial charge in [-0.05, 0) is 62.1 Å². The Morgan fingerprint density at radius 1 is 1.44 bits per heavy atom. The summed E-state index contributed by atoms with van der Waals surface area (Å²) in [6.07, 6.45) is 8.34. The molecular formula is C15H27N3. The Morgan fingerprint density at radius 3 is 2.78 bits per heavy atom. The fourth-order valence-electron chi connectivity index (χ4n) is 3.42. The summed E-state index contributed by atoms with van der Waals surface area (Å²) in [5, 5.41) is 7.71. The maximum Gasteiger partial charge on any atom is 0.0524 e. The van der Waals surface area contributed by atoms with E-state index in [1.807, 2.05) is 11.7 Å². The van der Waals surface area contributed by atoms with E-state index in [9.17, 15) is 0 Å². The standard InChI is InChI=1S/C15H27N3/c1-11(2)12-5-6-13(8-16-3)15(7-12)14-9-17-18(4)10-14/h9-13,15-16H,5-8H2,1-4H3. The highest BCUT2D eigenvalue weighted by Crippen LogP contribution is 2.42. The molecule has 1 aromatic heterocycles. The number of nitrogens with zero attached hydrogens (tertiary/aromatic N) is 2. The van der Waals surface area contributed by atoms with E-state index >= 15 is 0 Å². The first kappa shape index (κ1) is 13.6. The normalized spacial score (nSPS) is 28.8. The molecule has 1 N–H and O–H groups in total. The third-order valence-corrected chi connectivity index (χ3v) is 4.60. The molecule has 0 radical (unpaired) electrons. The summed E-state index contributed by atoms with van der Waals surface area (Å²) < 4.78 is 1.94. The molecule has 1 aliphatic carbocycles. The average molecular weight is 249 g/mol. The third kappa shape index (κ3) is 2.94. The van der Waals surface area contributed by atoms with E-state index in [1.54, 1.807) is 0 Å². The van der Waals surface area contributed by atoms with E-state index in [2.05, 4.69) is 43.7 Å². The van der Waals surface area contributed by atoms with E-state index in [1.165, 1.54) is 24.8 Å². The van der Waals surface area contributed by atoms with Gasteiger partial charge in [0.1, 0.15) is 0 Å². The number of hydrogen-bond acceptors (Lipinski definition) is 2. The van der Waals surface area contributed by atoms with Gasteiger partial charge in [0, 0.05) is 13.2 Å². The van der Waals surface area contributed by atoms with Crippen LogP contribution in [0.1, 0.15) is 44.6 Å². The van der Waals surface area contributed by atoms with E-state index in [4.69, 9.17) is 0 Å². The van der Waals surface area contributed by atoms with Gasteiger partial charge >= 0.3 is 0 Å². The highest BCUT2D eigenvalue weighted by atomic mass is 15.2. The molecule has 3 nitrogen and oxygen atoms in total. The molecule has 1 aliphatic rings. The summed E-state index contributed by atoms with van der Waals surface area (Å²) in [7, 11) is 4.08. The van der Waals surface area contributed by atoms with Crippen LogP contribution in [0.2, 0.25) is 0 Å². The zero-order valence-corrected chi connectivity index (χ0v) is 12.2. The molecule has 0 spiro atoms. The van der Waals surface area contributed by atoms with Crippen molar-refractivity contribution in [3.8, 4) is 0 Å². The maximum atomic E-state index is 4.35. The lowest BCUT2D eigenvalue weighted by Crippen LogP contribution is -2.31. The summed E-state index contributed by atoms with van der Waals surface area (Å²) >= 11 is 0. The molecule has 3 heteroatoms. The van der Waals surface area contributed by atoms with Gasteiger partial charge in [-0.25, -0.2) is 0 Å². The van der Waals surface area contributed by atoms with Crippen LogP contribution in [0, 0.1) is 17.8 Å². The van der Waals surface area contributed by atoms with Crippen molar-refractivity contribution in [2.75, 3.05) is 13.6 Å². The summed E-state index contributed by atoms with van der Waals surface area (Å²) in [6.45, 7) is 5.86. The van der Waals surface area contributed by atoms with Crippen molar-refractivity contribution >= 4 is 0 Å². The second kappa shape index (κ2) is 5.87. The van der Waals surface area contributed by atoms with Crippen LogP contribution in [-0.4, -0.2) is 23.4 Å². The van der Waals surface area contributed by atoms with Gasteiger partial charge in [-0.2, -0.15) is 5.10 Å². The van der Waals surface area contributed by atoms with Gasteiger partial charge < -0.3 is 5.32 Å². The van der Waals surface area contributed by atoms with Crippen molar-refractivity contribution in [2.45, 2.75) is 39.0 Å². The van der Waals surface area contributed by atoms with Gasteiger partial charge in [-0.1, -0.05) is 13.8 Å². The van der Waals surface area contributed by atoms with Gasteiger partial charge in [-0.3, -0.25) is 4.68 Å². The van der Waals surface area contributed by atoms with Crippen LogP contribution in [-0.2, 0) is 7.05 Å². The van der Waals surface area contributed by atoms with Crippen LogP contribution in [0.4, 0.5) is 0 Å². The molecule has 0 bridgehead atoms.